The highest BCUT2D eigenvalue weighted by atomic mass is 35.5. The number of anilines is 1. The Hall–Kier alpha value is -4.47. The maximum absolute atomic E-state index is 12.5. The smallest absolute Gasteiger partial charge is 0.343 e. The molecule has 0 radical (unpaired) electrons. The Bertz CT molecular complexity index is 1520. The molecule has 0 heterocycles. The molecular formula is C27H20ClN3O5S. The number of esters is 1. The summed E-state index contributed by atoms with van der Waals surface area (Å²) in [6, 6.07) is 26.9. The van der Waals surface area contributed by atoms with Crippen molar-refractivity contribution in [1.82, 2.24) is 5.43 Å². The summed E-state index contributed by atoms with van der Waals surface area (Å²) < 4.78 is 32.7. The van der Waals surface area contributed by atoms with Crippen molar-refractivity contribution >= 4 is 45.4 Å². The van der Waals surface area contributed by atoms with E-state index in [2.05, 4.69) is 15.2 Å². The van der Waals surface area contributed by atoms with Crippen LogP contribution in [-0.2, 0) is 10.0 Å². The second-order valence-corrected chi connectivity index (χ2v) is 9.78. The van der Waals surface area contributed by atoms with Crippen LogP contribution in [-0.4, -0.2) is 26.5 Å². The van der Waals surface area contributed by atoms with Gasteiger partial charge in [0.2, 0.25) is 0 Å². The van der Waals surface area contributed by atoms with Gasteiger partial charge in [-0.1, -0.05) is 29.8 Å². The largest absolute Gasteiger partial charge is 0.423 e. The summed E-state index contributed by atoms with van der Waals surface area (Å²) in [5.41, 5.74) is 4.11. The average Bonchev–Trinajstić information content (AvgIpc) is 2.90. The Balaban J connectivity index is 1.30. The lowest BCUT2D eigenvalue weighted by molar-refractivity contribution is 0.0734. The SMILES string of the molecule is O=C(NN=Cc1ccc(OC(=O)c2ccccc2)cc1)c1ccc(NS(=O)(=O)c2ccc(Cl)cc2)cc1. The predicted molar refractivity (Wildman–Crippen MR) is 142 cm³/mol. The number of amides is 1. The molecule has 0 atom stereocenters. The van der Waals surface area contributed by atoms with Gasteiger partial charge in [-0.25, -0.2) is 18.6 Å². The molecular weight excluding hydrogens is 514 g/mol. The molecule has 0 aromatic heterocycles. The number of halogens is 1. The summed E-state index contributed by atoms with van der Waals surface area (Å²) in [5.74, 6) is -0.559. The number of sulfonamides is 1. The highest BCUT2D eigenvalue weighted by Gasteiger charge is 2.14. The number of hydrazone groups is 1. The highest BCUT2D eigenvalue weighted by Crippen LogP contribution is 2.19. The van der Waals surface area contributed by atoms with Crippen molar-refractivity contribution in [2.45, 2.75) is 4.90 Å². The molecule has 0 fully saturated rings. The van der Waals surface area contributed by atoms with Crippen molar-refractivity contribution < 1.29 is 22.7 Å². The zero-order chi connectivity index (χ0) is 26.3. The lowest BCUT2D eigenvalue weighted by Crippen LogP contribution is -2.18. The molecule has 4 rings (SSSR count). The maximum atomic E-state index is 12.5. The van der Waals surface area contributed by atoms with Crippen molar-refractivity contribution in [3.05, 3.63) is 125 Å². The minimum atomic E-state index is -3.79. The number of rotatable bonds is 8. The first-order valence-electron chi connectivity index (χ1n) is 10.9. The molecule has 0 aliphatic heterocycles. The van der Waals surface area contributed by atoms with Gasteiger partial charge in [-0.05, 0) is 90.5 Å². The van der Waals surface area contributed by atoms with Crippen LogP contribution in [0.5, 0.6) is 5.75 Å². The zero-order valence-electron chi connectivity index (χ0n) is 19.2. The van der Waals surface area contributed by atoms with Gasteiger partial charge >= 0.3 is 5.97 Å². The van der Waals surface area contributed by atoms with Crippen LogP contribution < -0.4 is 14.9 Å². The van der Waals surface area contributed by atoms with E-state index in [1.807, 2.05) is 6.07 Å². The second-order valence-electron chi connectivity index (χ2n) is 7.66. The van der Waals surface area contributed by atoms with Gasteiger partial charge in [-0.15, -0.1) is 0 Å². The Kier molecular flexibility index (Phi) is 7.97. The third-order valence-corrected chi connectivity index (χ3v) is 6.65. The van der Waals surface area contributed by atoms with Gasteiger partial charge in [-0.2, -0.15) is 5.10 Å². The van der Waals surface area contributed by atoms with Crippen LogP contribution >= 0.6 is 11.6 Å². The number of benzene rings is 4. The normalized spacial score (nSPS) is 11.2. The number of hydrogen-bond acceptors (Lipinski definition) is 6. The van der Waals surface area contributed by atoms with Gasteiger partial charge in [0, 0.05) is 16.3 Å². The molecule has 0 saturated carbocycles. The molecule has 4 aromatic rings. The van der Waals surface area contributed by atoms with Crippen LogP contribution in [0.25, 0.3) is 0 Å². The van der Waals surface area contributed by atoms with Gasteiger partial charge in [0.05, 0.1) is 16.7 Å². The molecule has 0 aliphatic carbocycles. The third-order valence-electron chi connectivity index (χ3n) is 5.00. The van der Waals surface area contributed by atoms with Crippen molar-refractivity contribution in [2.75, 3.05) is 4.72 Å². The summed E-state index contributed by atoms with van der Waals surface area (Å²) >= 11 is 5.80. The number of carbonyl (C=O) groups is 2. The quantitative estimate of drug-likeness (QED) is 0.141. The molecule has 0 aliphatic rings. The van der Waals surface area contributed by atoms with Gasteiger partial charge in [0.25, 0.3) is 15.9 Å². The van der Waals surface area contributed by atoms with E-state index in [-0.39, 0.29) is 10.5 Å². The standard InChI is InChI=1S/C27H20ClN3O5S/c28-22-10-16-25(17-11-22)37(34,35)31-23-12-8-20(9-13-23)26(32)30-29-18-19-6-14-24(15-7-19)36-27(33)21-4-2-1-3-5-21/h1-18,31H,(H,30,32). The Morgan fingerprint density at radius 1 is 0.784 bits per heavy atom. The van der Waals surface area contributed by atoms with E-state index >= 15 is 0 Å². The minimum Gasteiger partial charge on any atom is -0.423 e. The molecule has 0 unspecified atom stereocenters. The fourth-order valence-electron chi connectivity index (χ4n) is 3.11. The lowest BCUT2D eigenvalue weighted by Gasteiger charge is -2.09. The van der Waals surface area contributed by atoms with Crippen LogP contribution in [0.15, 0.2) is 113 Å². The number of ether oxygens (including phenoxy) is 1. The van der Waals surface area contributed by atoms with Crippen LogP contribution in [0.4, 0.5) is 5.69 Å². The summed E-state index contributed by atoms with van der Waals surface area (Å²) in [5, 5.41) is 4.36. The van der Waals surface area contributed by atoms with Crippen molar-refractivity contribution in [3.63, 3.8) is 0 Å². The monoisotopic (exact) mass is 533 g/mol. The maximum Gasteiger partial charge on any atom is 0.343 e. The van der Waals surface area contributed by atoms with Gasteiger partial charge in [-0.3, -0.25) is 9.52 Å². The Labute approximate surface area is 218 Å². The topological polar surface area (TPSA) is 114 Å². The summed E-state index contributed by atoms with van der Waals surface area (Å²) in [4.78, 5) is 24.5. The molecule has 2 N–H and O–H groups in total. The van der Waals surface area contributed by atoms with Crippen molar-refractivity contribution in [3.8, 4) is 5.75 Å². The summed E-state index contributed by atoms with van der Waals surface area (Å²) in [7, 11) is -3.79. The lowest BCUT2D eigenvalue weighted by atomic mass is 10.2. The Morgan fingerprint density at radius 2 is 1.43 bits per heavy atom. The molecule has 37 heavy (non-hydrogen) atoms. The molecule has 1 amide bonds. The van der Waals surface area contributed by atoms with E-state index < -0.39 is 21.9 Å². The molecule has 0 spiro atoms. The van der Waals surface area contributed by atoms with Crippen LogP contribution in [0.3, 0.4) is 0 Å². The number of nitrogens with zero attached hydrogens (tertiary/aromatic N) is 1. The first kappa shape index (κ1) is 25.6. The third kappa shape index (κ3) is 7.03. The molecule has 186 valence electrons. The molecule has 0 saturated heterocycles. The second kappa shape index (κ2) is 11.5. The van der Waals surface area contributed by atoms with E-state index in [1.54, 1.807) is 48.5 Å². The first-order valence-corrected chi connectivity index (χ1v) is 12.8. The zero-order valence-corrected chi connectivity index (χ0v) is 20.7. The number of nitrogens with one attached hydrogen (secondary N) is 2. The van der Waals surface area contributed by atoms with E-state index in [0.29, 0.717) is 27.6 Å². The fourth-order valence-corrected chi connectivity index (χ4v) is 4.29. The van der Waals surface area contributed by atoms with Gasteiger partial charge < -0.3 is 4.74 Å². The van der Waals surface area contributed by atoms with E-state index in [4.69, 9.17) is 16.3 Å². The Morgan fingerprint density at radius 3 is 2.08 bits per heavy atom. The molecule has 10 heteroatoms. The van der Waals surface area contributed by atoms with E-state index in [9.17, 15) is 18.0 Å². The minimum absolute atomic E-state index is 0.0652. The van der Waals surface area contributed by atoms with E-state index in [1.165, 1.54) is 54.7 Å². The van der Waals surface area contributed by atoms with Crippen LogP contribution in [0.1, 0.15) is 26.3 Å². The summed E-state index contributed by atoms with van der Waals surface area (Å²) in [6.45, 7) is 0. The number of hydrogen-bond donors (Lipinski definition) is 2. The van der Waals surface area contributed by atoms with Crippen LogP contribution in [0.2, 0.25) is 5.02 Å². The average molecular weight is 534 g/mol. The van der Waals surface area contributed by atoms with E-state index in [0.717, 1.165) is 0 Å². The summed E-state index contributed by atoms with van der Waals surface area (Å²) in [6.07, 6.45) is 1.44. The highest BCUT2D eigenvalue weighted by molar-refractivity contribution is 7.92. The molecule has 8 nitrogen and oxygen atoms in total. The fraction of sp³-hybridized carbons (Fsp3) is 0. The molecule has 4 aromatic carbocycles. The van der Waals surface area contributed by atoms with Gasteiger partial charge in [0.15, 0.2) is 0 Å². The predicted octanol–water partition coefficient (Wildman–Crippen LogP) is 5.12. The van der Waals surface area contributed by atoms with Crippen molar-refractivity contribution in [2.24, 2.45) is 5.10 Å². The van der Waals surface area contributed by atoms with Crippen LogP contribution in [0, 0.1) is 0 Å². The van der Waals surface area contributed by atoms with Crippen molar-refractivity contribution in [1.29, 1.82) is 0 Å². The van der Waals surface area contributed by atoms with Gasteiger partial charge in [0.1, 0.15) is 5.75 Å². The first-order chi connectivity index (χ1) is 17.8. The number of carbonyl (C=O) groups excluding carboxylic acids is 2. The molecule has 0 bridgehead atoms.